The quantitative estimate of drug-likeness (QED) is 0.926. The lowest BCUT2D eigenvalue weighted by Gasteiger charge is -2.20. The number of anilines is 3. The van der Waals surface area contributed by atoms with Crippen molar-refractivity contribution >= 4 is 33.3 Å². The molecule has 1 aliphatic rings. The van der Waals surface area contributed by atoms with Crippen LogP contribution in [-0.4, -0.2) is 23.6 Å². The first kappa shape index (κ1) is 11.5. The molecule has 0 atom stereocenters. The van der Waals surface area contributed by atoms with Gasteiger partial charge in [0.15, 0.2) is 5.82 Å². The maximum absolute atomic E-state index is 4.40. The molecule has 0 aliphatic carbocycles. The molecule has 1 N–H and O–H groups in total. The molecule has 1 aliphatic heterocycles. The molecule has 1 aromatic heterocycles. The maximum atomic E-state index is 4.40. The summed E-state index contributed by atoms with van der Waals surface area (Å²) in [6.45, 7) is 0.956. The van der Waals surface area contributed by atoms with Gasteiger partial charge in [-0.2, -0.15) is 0 Å². The van der Waals surface area contributed by atoms with Crippen LogP contribution in [0.1, 0.15) is 5.56 Å². The van der Waals surface area contributed by atoms with Crippen molar-refractivity contribution < 1.29 is 0 Å². The summed E-state index contributed by atoms with van der Waals surface area (Å²) in [6, 6.07) is 8.45. The molecule has 0 radical (unpaired) electrons. The monoisotopic (exact) mass is 304 g/mol. The normalized spacial score (nSPS) is 13.6. The fraction of sp³-hybridized carbons (Fsp3) is 0.231. The number of hydrogen-bond donors (Lipinski definition) is 1. The van der Waals surface area contributed by atoms with Crippen LogP contribution in [0.25, 0.3) is 0 Å². The molecule has 0 spiro atoms. The van der Waals surface area contributed by atoms with E-state index >= 15 is 0 Å². The zero-order valence-electron chi connectivity index (χ0n) is 10.0. The Labute approximate surface area is 114 Å². The molecule has 3 rings (SSSR count). The van der Waals surface area contributed by atoms with Gasteiger partial charge in [-0.25, -0.2) is 9.97 Å². The molecule has 2 aromatic rings. The van der Waals surface area contributed by atoms with E-state index in [4.69, 9.17) is 0 Å². The van der Waals surface area contributed by atoms with Crippen molar-refractivity contribution in [3.63, 3.8) is 0 Å². The largest absolute Gasteiger partial charge is 0.372 e. The summed E-state index contributed by atoms with van der Waals surface area (Å²) in [4.78, 5) is 10.8. The van der Waals surface area contributed by atoms with Gasteiger partial charge in [-0.05, 0) is 34.0 Å². The Kier molecular flexibility index (Phi) is 2.91. The van der Waals surface area contributed by atoms with Gasteiger partial charge in [-0.1, -0.05) is 18.2 Å². The van der Waals surface area contributed by atoms with Crippen molar-refractivity contribution in [2.45, 2.75) is 6.42 Å². The highest BCUT2D eigenvalue weighted by atomic mass is 79.9. The second-order valence-electron chi connectivity index (χ2n) is 4.14. The Balaban J connectivity index is 2.08. The van der Waals surface area contributed by atoms with E-state index in [9.17, 15) is 0 Å². The summed E-state index contributed by atoms with van der Waals surface area (Å²) in [7, 11) is 1.86. The molecule has 0 amide bonds. The molecular formula is C13H13BrN4. The van der Waals surface area contributed by atoms with Crippen molar-refractivity contribution in [2.24, 2.45) is 0 Å². The van der Waals surface area contributed by atoms with Crippen LogP contribution in [0.3, 0.4) is 0 Å². The summed E-state index contributed by atoms with van der Waals surface area (Å²) in [5, 5.41) is 3.06. The molecule has 5 heteroatoms. The van der Waals surface area contributed by atoms with Crippen LogP contribution in [0.4, 0.5) is 17.3 Å². The molecule has 0 saturated carbocycles. The molecule has 4 nitrogen and oxygen atoms in total. The first-order valence-electron chi connectivity index (χ1n) is 5.85. The standard InChI is InChI=1S/C13H13BrN4/c1-15-12-11(14)13(17-8-16-12)18-7-6-9-4-2-3-5-10(9)18/h2-5,8H,6-7H2,1H3,(H,15,16,17). The number of halogens is 1. The highest BCUT2D eigenvalue weighted by Crippen LogP contribution is 2.38. The van der Waals surface area contributed by atoms with Crippen molar-refractivity contribution in [1.29, 1.82) is 0 Å². The third-order valence-corrected chi connectivity index (χ3v) is 3.88. The molecule has 18 heavy (non-hydrogen) atoms. The van der Waals surface area contributed by atoms with E-state index in [0.29, 0.717) is 0 Å². The van der Waals surface area contributed by atoms with Crippen molar-refractivity contribution in [2.75, 3.05) is 23.8 Å². The average molecular weight is 305 g/mol. The zero-order chi connectivity index (χ0) is 12.5. The van der Waals surface area contributed by atoms with E-state index in [0.717, 1.165) is 29.1 Å². The Morgan fingerprint density at radius 2 is 2.11 bits per heavy atom. The number of hydrogen-bond acceptors (Lipinski definition) is 4. The van der Waals surface area contributed by atoms with Gasteiger partial charge < -0.3 is 10.2 Å². The maximum Gasteiger partial charge on any atom is 0.152 e. The lowest BCUT2D eigenvalue weighted by atomic mass is 10.2. The lowest BCUT2D eigenvalue weighted by Crippen LogP contribution is -2.16. The van der Waals surface area contributed by atoms with Crippen LogP contribution in [0.5, 0.6) is 0 Å². The van der Waals surface area contributed by atoms with Gasteiger partial charge in [0.05, 0.1) is 0 Å². The minimum Gasteiger partial charge on any atom is -0.372 e. The molecule has 0 bridgehead atoms. The molecule has 0 saturated heterocycles. The van der Waals surface area contributed by atoms with Crippen LogP contribution >= 0.6 is 15.9 Å². The van der Waals surface area contributed by atoms with Gasteiger partial charge in [0, 0.05) is 19.3 Å². The number of rotatable bonds is 2. The molecule has 92 valence electrons. The Morgan fingerprint density at radius 1 is 1.28 bits per heavy atom. The molecule has 2 heterocycles. The van der Waals surface area contributed by atoms with Gasteiger partial charge >= 0.3 is 0 Å². The highest BCUT2D eigenvalue weighted by Gasteiger charge is 2.23. The fourth-order valence-corrected chi connectivity index (χ4v) is 2.90. The predicted octanol–water partition coefficient (Wildman–Crippen LogP) is 2.98. The third kappa shape index (κ3) is 1.75. The van der Waals surface area contributed by atoms with Gasteiger partial charge in [0.2, 0.25) is 0 Å². The van der Waals surface area contributed by atoms with Crippen LogP contribution in [0.2, 0.25) is 0 Å². The lowest BCUT2D eigenvalue weighted by molar-refractivity contribution is 0.959. The van der Waals surface area contributed by atoms with Crippen LogP contribution in [0, 0.1) is 0 Å². The smallest absolute Gasteiger partial charge is 0.152 e. The van der Waals surface area contributed by atoms with Crippen LogP contribution in [0.15, 0.2) is 35.1 Å². The second-order valence-corrected chi connectivity index (χ2v) is 4.93. The highest BCUT2D eigenvalue weighted by molar-refractivity contribution is 9.10. The van der Waals surface area contributed by atoms with Gasteiger partial charge in [0.1, 0.15) is 16.6 Å². The SMILES string of the molecule is CNc1ncnc(N2CCc3ccccc32)c1Br. The number of nitrogens with zero attached hydrogens (tertiary/aromatic N) is 3. The first-order valence-corrected chi connectivity index (χ1v) is 6.64. The van der Waals surface area contributed by atoms with Crippen molar-refractivity contribution in [3.05, 3.63) is 40.6 Å². The van der Waals surface area contributed by atoms with E-state index in [2.05, 4.69) is 60.4 Å². The van der Waals surface area contributed by atoms with E-state index in [1.807, 2.05) is 7.05 Å². The molecule has 0 unspecified atom stereocenters. The summed E-state index contributed by atoms with van der Waals surface area (Å²) in [5.74, 6) is 1.73. The predicted molar refractivity (Wildman–Crippen MR) is 76.4 cm³/mol. The number of para-hydroxylation sites is 1. The molecule has 1 aromatic carbocycles. The Morgan fingerprint density at radius 3 is 2.94 bits per heavy atom. The molecule has 0 fully saturated rings. The molecular weight excluding hydrogens is 292 g/mol. The van der Waals surface area contributed by atoms with E-state index in [-0.39, 0.29) is 0 Å². The number of fused-ring (bicyclic) bond motifs is 1. The van der Waals surface area contributed by atoms with E-state index < -0.39 is 0 Å². The first-order chi connectivity index (χ1) is 8.81. The topological polar surface area (TPSA) is 41.1 Å². The number of aromatic nitrogens is 2. The van der Waals surface area contributed by atoms with Gasteiger partial charge in [0.25, 0.3) is 0 Å². The van der Waals surface area contributed by atoms with Crippen LogP contribution in [-0.2, 0) is 6.42 Å². The average Bonchev–Trinajstić information content (AvgIpc) is 2.83. The fourth-order valence-electron chi connectivity index (χ4n) is 2.28. The van der Waals surface area contributed by atoms with Gasteiger partial charge in [-0.3, -0.25) is 0 Å². The number of nitrogens with one attached hydrogen (secondary N) is 1. The minimum absolute atomic E-state index is 0.810. The Hall–Kier alpha value is -1.62. The second kappa shape index (κ2) is 4.57. The van der Waals surface area contributed by atoms with E-state index in [1.165, 1.54) is 11.3 Å². The summed E-state index contributed by atoms with van der Waals surface area (Å²) in [5.41, 5.74) is 2.60. The number of benzene rings is 1. The minimum atomic E-state index is 0.810. The Bertz CT molecular complexity index is 585. The summed E-state index contributed by atoms with van der Waals surface area (Å²) < 4.78 is 0.907. The van der Waals surface area contributed by atoms with Crippen LogP contribution < -0.4 is 10.2 Å². The summed E-state index contributed by atoms with van der Waals surface area (Å²) >= 11 is 3.57. The zero-order valence-corrected chi connectivity index (χ0v) is 11.6. The van der Waals surface area contributed by atoms with Crippen molar-refractivity contribution in [3.8, 4) is 0 Å². The van der Waals surface area contributed by atoms with Gasteiger partial charge in [-0.15, -0.1) is 0 Å². The third-order valence-electron chi connectivity index (χ3n) is 3.15. The summed E-state index contributed by atoms with van der Waals surface area (Å²) in [6.07, 6.45) is 2.65. The van der Waals surface area contributed by atoms with E-state index in [1.54, 1.807) is 6.33 Å². The van der Waals surface area contributed by atoms with Crippen molar-refractivity contribution in [1.82, 2.24) is 9.97 Å².